The molecule has 0 radical (unpaired) electrons. The van der Waals surface area contributed by atoms with E-state index in [1.165, 1.54) is 12.7 Å². The zero-order valence-corrected chi connectivity index (χ0v) is 13.9. The summed E-state index contributed by atoms with van der Waals surface area (Å²) < 4.78 is 4.84. The molecule has 0 aromatic heterocycles. The number of esters is 1. The van der Waals surface area contributed by atoms with E-state index in [0.29, 0.717) is 0 Å². The first-order valence-electron chi connectivity index (χ1n) is 8.34. The first kappa shape index (κ1) is 16.5. The highest BCUT2D eigenvalue weighted by molar-refractivity contribution is 5.72. The van der Waals surface area contributed by atoms with Gasteiger partial charge in [-0.1, -0.05) is 30.3 Å². The smallest absolute Gasteiger partial charge is 0.308 e. The van der Waals surface area contributed by atoms with E-state index in [4.69, 9.17) is 4.74 Å². The molecule has 1 saturated heterocycles. The number of carbonyl (C=O) groups excluding carboxylic acids is 1. The minimum atomic E-state index is -0.0797. The molecule has 0 aliphatic carbocycles. The summed E-state index contributed by atoms with van der Waals surface area (Å²) >= 11 is 0. The highest BCUT2D eigenvalue weighted by Crippen LogP contribution is 2.24. The van der Waals surface area contributed by atoms with Gasteiger partial charge in [-0.15, -0.1) is 0 Å². The Labute approximate surface area is 142 Å². The second-order valence-corrected chi connectivity index (χ2v) is 6.32. The summed E-state index contributed by atoms with van der Waals surface area (Å²) in [5.41, 5.74) is 3.51. The maximum Gasteiger partial charge on any atom is 0.308 e. The van der Waals surface area contributed by atoms with Crippen LogP contribution in [0.1, 0.15) is 18.4 Å². The Kier molecular flexibility index (Phi) is 5.16. The fraction of sp³-hybridized carbons (Fsp3) is 0.350. The second kappa shape index (κ2) is 7.49. The van der Waals surface area contributed by atoms with E-state index >= 15 is 0 Å². The number of nitrogens with zero attached hydrogens (tertiary/aromatic N) is 1. The van der Waals surface area contributed by atoms with Crippen molar-refractivity contribution < 1.29 is 14.6 Å². The predicted molar refractivity (Wildman–Crippen MR) is 93.6 cm³/mol. The van der Waals surface area contributed by atoms with E-state index in [2.05, 4.69) is 29.2 Å². The molecule has 2 aromatic rings. The van der Waals surface area contributed by atoms with E-state index in [1.807, 2.05) is 12.1 Å². The number of phenols is 1. The lowest BCUT2D eigenvalue weighted by molar-refractivity contribution is -0.147. The molecule has 24 heavy (non-hydrogen) atoms. The van der Waals surface area contributed by atoms with Gasteiger partial charge in [0.2, 0.25) is 0 Å². The highest BCUT2D eigenvalue weighted by Gasteiger charge is 2.25. The molecule has 0 spiro atoms. The van der Waals surface area contributed by atoms with Gasteiger partial charge in [0.05, 0.1) is 13.0 Å². The van der Waals surface area contributed by atoms with Crippen molar-refractivity contribution in [2.75, 3.05) is 20.2 Å². The number of aromatic hydroxyl groups is 1. The Hall–Kier alpha value is -2.33. The molecular weight excluding hydrogens is 302 g/mol. The van der Waals surface area contributed by atoms with E-state index in [0.717, 1.165) is 43.6 Å². The molecule has 4 heteroatoms. The molecule has 1 heterocycles. The lowest BCUT2D eigenvalue weighted by Crippen LogP contribution is -2.36. The Balaban J connectivity index is 1.63. The van der Waals surface area contributed by atoms with Crippen LogP contribution in [-0.4, -0.2) is 36.2 Å². The number of piperidine rings is 1. The van der Waals surface area contributed by atoms with Gasteiger partial charge in [-0.05, 0) is 60.8 Å². The van der Waals surface area contributed by atoms with E-state index < -0.39 is 0 Å². The molecule has 1 aliphatic heterocycles. The minimum absolute atomic E-state index is 0.0505. The Bertz CT molecular complexity index is 688. The number of phenolic OH excluding ortho intramolecular Hbond substituents is 1. The van der Waals surface area contributed by atoms with Gasteiger partial charge in [0.15, 0.2) is 0 Å². The molecular formula is C20H23NO3. The summed E-state index contributed by atoms with van der Waals surface area (Å²) in [5, 5.41) is 9.41. The van der Waals surface area contributed by atoms with Gasteiger partial charge in [-0.2, -0.15) is 0 Å². The Morgan fingerprint density at radius 2 is 1.83 bits per heavy atom. The summed E-state index contributed by atoms with van der Waals surface area (Å²) in [7, 11) is 1.46. The summed E-state index contributed by atoms with van der Waals surface area (Å²) in [6, 6.07) is 15.7. The predicted octanol–water partition coefficient (Wildman–Crippen LogP) is 3.44. The maximum atomic E-state index is 11.6. The van der Waals surface area contributed by atoms with Gasteiger partial charge in [0.1, 0.15) is 5.75 Å². The molecule has 2 aromatic carbocycles. The summed E-state index contributed by atoms with van der Waals surface area (Å²) in [5.74, 6) is 0.252. The third-order valence-electron chi connectivity index (χ3n) is 4.66. The van der Waals surface area contributed by atoms with Crippen molar-refractivity contribution in [2.45, 2.75) is 19.4 Å². The van der Waals surface area contributed by atoms with Crippen LogP contribution in [0.3, 0.4) is 0 Å². The quantitative estimate of drug-likeness (QED) is 0.875. The largest absolute Gasteiger partial charge is 0.508 e. The van der Waals surface area contributed by atoms with Crippen molar-refractivity contribution in [1.29, 1.82) is 0 Å². The van der Waals surface area contributed by atoms with Crippen LogP contribution in [0.25, 0.3) is 11.1 Å². The lowest BCUT2D eigenvalue weighted by Gasteiger charge is -2.30. The van der Waals surface area contributed by atoms with Crippen molar-refractivity contribution in [3.8, 4) is 16.9 Å². The summed E-state index contributed by atoms with van der Waals surface area (Å²) in [4.78, 5) is 14.0. The van der Waals surface area contributed by atoms with Gasteiger partial charge in [-0.25, -0.2) is 0 Å². The molecule has 0 bridgehead atoms. The van der Waals surface area contributed by atoms with Crippen molar-refractivity contribution in [2.24, 2.45) is 5.92 Å². The number of hydrogen-bond acceptors (Lipinski definition) is 4. The molecule has 1 N–H and O–H groups in total. The van der Waals surface area contributed by atoms with Gasteiger partial charge in [-0.3, -0.25) is 9.69 Å². The van der Waals surface area contributed by atoms with E-state index in [1.54, 1.807) is 12.1 Å². The number of likely N-dealkylation sites (tertiary alicyclic amines) is 1. The molecule has 1 fully saturated rings. The summed E-state index contributed by atoms with van der Waals surface area (Å²) in [6.45, 7) is 2.73. The van der Waals surface area contributed by atoms with Gasteiger partial charge in [0.25, 0.3) is 0 Å². The van der Waals surface area contributed by atoms with Gasteiger partial charge in [0, 0.05) is 6.54 Å². The fourth-order valence-corrected chi connectivity index (χ4v) is 3.25. The summed E-state index contributed by atoms with van der Waals surface area (Å²) in [6.07, 6.45) is 1.73. The third kappa shape index (κ3) is 3.95. The first-order valence-corrected chi connectivity index (χ1v) is 8.34. The average molecular weight is 325 g/mol. The SMILES string of the molecule is COC(=O)C1CCN(Cc2cccc(-c3ccc(O)cc3)c2)CC1. The number of methoxy groups -OCH3 is 1. The van der Waals surface area contributed by atoms with Crippen molar-refractivity contribution in [1.82, 2.24) is 4.90 Å². The molecule has 0 atom stereocenters. The van der Waals surface area contributed by atoms with Crippen molar-refractivity contribution in [3.05, 3.63) is 54.1 Å². The Morgan fingerprint density at radius 3 is 2.50 bits per heavy atom. The zero-order valence-electron chi connectivity index (χ0n) is 13.9. The number of ether oxygens (including phenoxy) is 1. The average Bonchev–Trinajstić information content (AvgIpc) is 2.62. The monoisotopic (exact) mass is 325 g/mol. The molecule has 0 amide bonds. The molecule has 126 valence electrons. The number of rotatable bonds is 4. The topological polar surface area (TPSA) is 49.8 Å². The van der Waals surface area contributed by atoms with Gasteiger partial charge < -0.3 is 9.84 Å². The lowest BCUT2D eigenvalue weighted by atomic mass is 9.96. The fourth-order valence-electron chi connectivity index (χ4n) is 3.25. The molecule has 0 unspecified atom stereocenters. The van der Waals surface area contributed by atoms with E-state index in [9.17, 15) is 9.90 Å². The standard InChI is InChI=1S/C20H23NO3/c1-24-20(23)17-9-11-21(12-10-17)14-15-3-2-4-18(13-15)16-5-7-19(22)8-6-16/h2-8,13,17,22H,9-12,14H2,1H3. The number of hydrogen-bond donors (Lipinski definition) is 1. The van der Waals surface area contributed by atoms with Crippen LogP contribution in [0.2, 0.25) is 0 Å². The van der Waals surface area contributed by atoms with Crippen LogP contribution in [-0.2, 0) is 16.1 Å². The van der Waals surface area contributed by atoms with Crippen molar-refractivity contribution >= 4 is 5.97 Å². The Morgan fingerprint density at radius 1 is 1.12 bits per heavy atom. The van der Waals surface area contributed by atoms with Crippen LogP contribution < -0.4 is 0 Å². The van der Waals surface area contributed by atoms with Crippen LogP contribution in [0, 0.1) is 5.92 Å². The second-order valence-electron chi connectivity index (χ2n) is 6.32. The molecule has 0 saturated carbocycles. The first-order chi connectivity index (χ1) is 11.7. The van der Waals surface area contributed by atoms with Crippen LogP contribution >= 0.6 is 0 Å². The van der Waals surface area contributed by atoms with Crippen LogP contribution in [0.5, 0.6) is 5.75 Å². The molecule has 1 aliphatic rings. The van der Waals surface area contributed by atoms with Crippen molar-refractivity contribution in [3.63, 3.8) is 0 Å². The van der Waals surface area contributed by atoms with Crippen LogP contribution in [0.15, 0.2) is 48.5 Å². The minimum Gasteiger partial charge on any atom is -0.508 e. The van der Waals surface area contributed by atoms with E-state index in [-0.39, 0.29) is 17.6 Å². The maximum absolute atomic E-state index is 11.6. The highest BCUT2D eigenvalue weighted by atomic mass is 16.5. The van der Waals surface area contributed by atoms with Gasteiger partial charge >= 0.3 is 5.97 Å². The third-order valence-corrected chi connectivity index (χ3v) is 4.66. The number of benzene rings is 2. The molecule has 4 nitrogen and oxygen atoms in total. The molecule has 3 rings (SSSR count). The number of carbonyl (C=O) groups is 1. The normalized spacial score (nSPS) is 16.0. The zero-order chi connectivity index (χ0) is 16.9. The van der Waals surface area contributed by atoms with Crippen LogP contribution in [0.4, 0.5) is 0 Å².